The quantitative estimate of drug-likeness (QED) is 0.317. The maximum absolute atomic E-state index is 12.6. The van der Waals surface area contributed by atoms with Crippen molar-refractivity contribution in [3.63, 3.8) is 0 Å². The average molecular weight is 400 g/mol. The van der Waals surface area contributed by atoms with Crippen LogP contribution in [0.4, 0.5) is 0 Å². The Bertz CT molecular complexity index is 869. The molecule has 0 unspecified atom stereocenters. The monoisotopic (exact) mass is 400 g/mol. The second-order valence-corrected chi connectivity index (χ2v) is 8.16. The summed E-state index contributed by atoms with van der Waals surface area (Å²) in [5.74, 6) is -2.51. The van der Waals surface area contributed by atoms with E-state index in [-0.39, 0.29) is 23.6 Å². The molecule has 1 fully saturated rings. The number of hydrogen-bond donors (Lipinski definition) is 0. The molecular formula is C22H28N2O5. The number of esters is 1. The zero-order chi connectivity index (χ0) is 21.5. The number of ether oxygens (including phenoxy) is 1. The lowest BCUT2D eigenvalue weighted by Crippen LogP contribution is -2.44. The van der Waals surface area contributed by atoms with Crippen LogP contribution in [0.5, 0.6) is 0 Å². The summed E-state index contributed by atoms with van der Waals surface area (Å²) in [7, 11) is 0. The van der Waals surface area contributed by atoms with Crippen LogP contribution >= 0.6 is 0 Å². The molecule has 0 aromatic carbocycles. The fourth-order valence-corrected chi connectivity index (χ4v) is 4.50. The van der Waals surface area contributed by atoms with Gasteiger partial charge in [-0.05, 0) is 53.5 Å². The van der Waals surface area contributed by atoms with Gasteiger partial charge < -0.3 is 9.30 Å². The van der Waals surface area contributed by atoms with Gasteiger partial charge in [-0.25, -0.2) is 4.79 Å². The fourth-order valence-electron chi connectivity index (χ4n) is 4.50. The number of ketones is 1. The van der Waals surface area contributed by atoms with Gasteiger partial charge in [0.1, 0.15) is 6.04 Å². The van der Waals surface area contributed by atoms with Crippen LogP contribution in [-0.4, -0.2) is 45.7 Å². The zero-order valence-corrected chi connectivity index (χ0v) is 17.6. The van der Waals surface area contributed by atoms with E-state index in [4.69, 9.17) is 4.74 Å². The summed E-state index contributed by atoms with van der Waals surface area (Å²) < 4.78 is 7.24. The van der Waals surface area contributed by atoms with Crippen LogP contribution in [0.25, 0.3) is 0 Å². The molecule has 0 spiro atoms. The molecule has 2 amide bonds. The van der Waals surface area contributed by atoms with E-state index in [0.717, 1.165) is 16.3 Å². The Labute approximate surface area is 170 Å². The molecule has 1 aliphatic heterocycles. The number of Topliss-reactive ketones (excluding diaryl/α,β-unsaturated/α-hetero) is 1. The highest BCUT2D eigenvalue weighted by Crippen LogP contribution is 2.36. The first-order chi connectivity index (χ1) is 13.6. The van der Waals surface area contributed by atoms with Crippen molar-refractivity contribution in [3.8, 4) is 0 Å². The number of aryl methyl sites for hydroxylation is 1. The Morgan fingerprint density at radius 2 is 1.62 bits per heavy atom. The minimum atomic E-state index is -1.04. The molecule has 1 aromatic rings. The summed E-state index contributed by atoms with van der Waals surface area (Å²) in [4.78, 5) is 51.3. The first-order valence-electron chi connectivity index (χ1n) is 10.0. The van der Waals surface area contributed by atoms with Crippen LogP contribution in [0.2, 0.25) is 0 Å². The molecule has 3 rings (SSSR count). The minimum Gasteiger partial charge on any atom is -0.456 e. The maximum atomic E-state index is 12.6. The van der Waals surface area contributed by atoms with Gasteiger partial charge in [-0.3, -0.25) is 19.3 Å². The number of imide groups is 1. The second kappa shape index (κ2) is 7.97. The normalized spacial score (nSPS) is 22.2. The van der Waals surface area contributed by atoms with E-state index in [1.807, 2.05) is 39.8 Å². The van der Waals surface area contributed by atoms with E-state index < -0.39 is 30.5 Å². The number of likely N-dealkylation sites (tertiary alicyclic amines) is 1. The first-order valence-corrected chi connectivity index (χ1v) is 10.0. The number of allylic oxidation sites excluding steroid dienone is 2. The van der Waals surface area contributed by atoms with Crippen LogP contribution < -0.4 is 0 Å². The second-order valence-electron chi connectivity index (χ2n) is 8.16. The van der Waals surface area contributed by atoms with Gasteiger partial charge in [0.05, 0.1) is 11.8 Å². The van der Waals surface area contributed by atoms with Crippen LogP contribution in [0.1, 0.15) is 61.4 Å². The highest BCUT2D eigenvalue weighted by Gasteiger charge is 2.50. The van der Waals surface area contributed by atoms with E-state index in [2.05, 4.69) is 4.57 Å². The molecule has 29 heavy (non-hydrogen) atoms. The summed E-state index contributed by atoms with van der Waals surface area (Å²) in [5.41, 5.74) is 2.31. The Hall–Kier alpha value is -2.70. The Morgan fingerprint density at radius 3 is 2.10 bits per heavy atom. The van der Waals surface area contributed by atoms with Crippen molar-refractivity contribution in [2.45, 2.75) is 59.5 Å². The molecule has 0 saturated carbocycles. The van der Waals surface area contributed by atoms with E-state index in [0.29, 0.717) is 18.4 Å². The molecule has 1 aliphatic carbocycles. The van der Waals surface area contributed by atoms with E-state index >= 15 is 0 Å². The van der Waals surface area contributed by atoms with Crippen LogP contribution in [0.15, 0.2) is 18.2 Å². The smallest absolute Gasteiger partial charge is 0.329 e. The molecule has 3 atom stereocenters. The minimum absolute atomic E-state index is 0.212. The summed E-state index contributed by atoms with van der Waals surface area (Å²) >= 11 is 0. The predicted octanol–water partition coefficient (Wildman–Crippen LogP) is 2.75. The Balaban J connectivity index is 1.65. The Morgan fingerprint density at radius 1 is 1.07 bits per heavy atom. The van der Waals surface area contributed by atoms with Crippen molar-refractivity contribution in [1.82, 2.24) is 9.47 Å². The number of aromatic nitrogens is 1. The molecule has 2 aliphatic rings. The summed E-state index contributed by atoms with van der Waals surface area (Å²) in [5, 5.41) is 0. The number of nitrogens with zero attached hydrogens (tertiary/aromatic N) is 2. The highest BCUT2D eigenvalue weighted by molar-refractivity contribution is 6.08. The first kappa shape index (κ1) is 21.0. The molecule has 0 bridgehead atoms. The SMILES string of the molecule is Cc1cc(C(=O)COC(=O)[C@H](C)N2C(=O)[C@H]3CC=CC[C@H]3C2=O)c(C)n1C(C)C. The molecule has 7 heteroatoms. The lowest BCUT2D eigenvalue weighted by molar-refractivity contribution is -0.157. The summed E-state index contributed by atoms with van der Waals surface area (Å²) in [6, 6.07) is 0.959. The lowest BCUT2D eigenvalue weighted by atomic mass is 9.85. The van der Waals surface area contributed by atoms with Gasteiger partial charge in [-0.1, -0.05) is 12.2 Å². The standard InChI is InChI=1S/C22H28N2O5/c1-12(2)23-13(3)10-18(14(23)4)19(25)11-29-22(28)15(5)24-20(26)16-8-6-7-9-17(16)21(24)27/h6-7,10,12,15-17H,8-9,11H2,1-5H3/t15-,16-,17+/m0/s1. The zero-order valence-electron chi connectivity index (χ0n) is 17.6. The Kier molecular flexibility index (Phi) is 5.78. The van der Waals surface area contributed by atoms with Crippen molar-refractivity contribution in [3.05, 3.63) is 35.2 Å². The topological polar surface area (TPSA) is 85.7 Å². The van der Waals surface area contributed by atoms with Crippen LogP contribution in [0.3, 0.4) is 0 Å². The molecule has 156 valence electrons. The average Bonchev–Trinajstić information content (AvgIpc) is 3.12. The van der Waals surface area contributed by atoms with Gasteiger partial charge >= 0.3 is 5.97 Å². The van der Waals surface area contributed by atoms with Crippen LogP contribution in [-0.2, 0) is 19.1 Å². The third-order valence-corrected chi connectivity index (χ3v) is 5.92. The van der Waals surface area contributed by atoms with Crippen molar-refractivity contribution >= 4 is 23.6 Å². The molecule has 2 heterocycles. The lowest BCUT2D eigenvalue weighted by Gasteiger charge is -2.21. The van der Waals surface area contributed by atoms with E-state index in [9.17, 15) is 19.2 Å². The number of carbonyl (C=O) groups excluding carboxylic acids is 4. The number of fused-ring (bicyclic) bond motifs is 1. The van der Waals surface area contributed by atoms with Gasteiger partial charge in [0, 0.05) is 23.0 Å². The van der Waals surface area contributed by atoms with Crippen molar-refractivity contribution in [2.24, 2.45) is 11.8 Å². The van der Waals surface area contributed by atoms with Gasteiger partial charge in [0.15, 0.2) is 6.61 Å². The van der Waals surface area contributed by atoms with Crippen LogP contribution in [0, 0.1) is 25.7 Å². The van der Waals surface area contributed by atoms with Crippen molar-refractivity contribution in [1.29, 1.82) is 0 Å². The summed E-state index contributed by atoms with van der Waals surface area (Å²) in [6.45, 7) is 8.91. The molecule has 7 nitrogen and oxygen atoms in total. The summed E-state index contributed by atoms with van der Waals surface area (Å²) in [6.07, 6.45) is 4.81. The van der Waals surface area contributed by atoms with Gasteiger partial charge in [0.2, 0.25) is 17.6 Å². The highest BCUT2D eigenvalue weighted by atomic mass is 16.5. The molecule has 0 radical (unpaired) electrons. The van der Waals surface area contributed by atoms with Gasteiger partial charge in [0.25, 0.3) is 0 Å². The van der Waals surface area contributed by atoms with Crippen molar-refractivity contribution in [2.75, 3.05) is 6.61 Å². The van der Waals surface area contributed by atoms with E-state index in [1.165, 1.54) is 6.92 Å². The van der Waals surface area contributed by atoms with Gasteiger partial charge in [-0.2, -0.15) is 0 Å². The third-order valence-electron chi connectivity index (χ3n) is 5.92. The molecule has 1 aromatic heterocycles. The molecular weight excluding hydrogens is 372 g/mol. The molecule has 0 N–H and O–H groups in total. The number of carbonyl (C=O) groups is 4. The fraction of sp³-hybridized carbons (Fsp3) is 0.545. The van der Waals surface area contributed by atoms with Gasteiger partial charge in [-0.15, -0.1) is 0 Å². The predicted molar refractivity (Wildman–Crippen MR) is 106 cm³/mol. The molecule has 1 saturated heterocycles. The number of rotatable bonds is 6. The number of hydrogen-bond acceptors (Lipinski definition) is 5. The third kappa shape index (κ3) is 3.66. The largest absolute Gasteiger partial charge is 0.456 e. The number of amides is 2. The van der Waals surface area contributed by atoms with E-state index in [1.54, 1.807) is 6.07 Å². The maximum Gasteiger partial charge on any atom is 0.329 e. The van der Waals surface area contributed by atoms with Crippen molar-refractivity contribution < 1.29 is 23.9 Å².